The minimum atomic E-state index is 1.01. The van der Waals surface area contributed by atoms with E-state index in [1.54, 1.807) is 0 Å². The zero-order valence-corrected chi connectivity index (χ0v) is 13.1. The molecule has 0 unspecified atom stereocenters. The summed E-state index contributed by atoms with van der Waals surface area (Å²) in [4.78, 5) is 9.31. The van der Waals surface area contributed by atoms with Crippen molar-refractivity contribution in [2.24, 2.45) is 0 Å². The third-order valence-corrected chi connectivity index (χ3v) is 3.43. The van der Waals surface area contributed by atoms with E-state index in [0.29, 0.717) is 0 Å². The number of hydrogen-bond donors (Lipinski definition) is 1. The molecular weight excluding hydrogens is 234 g/mol. The molecule has 1 rings (SSSR count). The van der Waals surface area contributed by atoms with Crippen molar-refractivity contribution in [3.63, 3.8) is 0 Å². The van der Waals surface area contributed by atoms with E-state index in [4.69, 9.17) is 0 Å². The fourth-order valence-corrected chi connectivity index (χ4v) is 2.31. The average Bonchev–Trinajstić information content (AvgIpc) is 2.38. The van der Waals surface area contributed by atoms with Gasteiger partial charge in [0.2, 0.25) is 0 Å². The zero-order valence-electron chi connectivity index (χ0n) is 13.1. The Kier molecular flexibility index (Phi) is 7.65. The van der Waals surface area contributed by atoms with E-state index in [9.17, 15) is 0 Å². The Morgan fingerprint density at radius 1 is 0.842 bits per heavy atom. The van der Waals surface area contributed by atoms with Crippen LogP contribution >= 0.6 is 0 Å². The van der Waals surface area contributed by atoms with Crippen LogP contribution in [0.4, 0.5) is 0 Å². The molecule has 0 saturated carbocycles. The first-order valence-electron chi connectivity index (χ1n) is 7.72. The first kappa shape index (κ1) is 16.1. The van der Waals surface area contributed by atoms with Crippen LogP contribution in [0.15, 0.2) is 0 Å². The molecule has 108 valence electrons. The number of unbranched alkanes of at least 4 members (excludes halogenated alkanes) is 1. The first-order chi connectivity index (χ1) is 9.19. The maximum atomic E-state index is 4.66. The smallest absolute Gasteiger partial charge is 0.128 e. The van der Waals surface area contributed by atoms with Crippen LogP contribution in [0.25, 0.3) is 0 Å². The molecule has 3 nitrogen and oxygen atoms in total. The predicted octanol–water partition coefficient (Wildman–Crippen LogP) is 3.37. The van der Waals surface area contributed by atoms with E-state index < -0.39 is 0 Å². The highest BCUT2D eigenvalue weighted by Gasteiger charge is 2.08. The molecule has 0 saturated heterocycles. The molecule has 0 fully saturated rings. The van der Waals surface area contributed by atoms with Crippen LogP contribution in [-0.4, -0.2) is 23.1 Å². The molecule has 19 heavy (non-hydrogen) atoms. The lowest BCUT2D eigenvalue weighted by atomic mass is 10.1. The molecule has 0 aliphatic heterocycles. The van der Waals surface area contributed by atoms with Gasteiger partial charge in [-0.1, -0.05) is 20.3 Å². The van der Waals surface area contributed by atoms with Crippen LogP contribution < -0.4 is 5.32 Å². The maximum Gasteiger partial charge on any atom is 0.128 e. The second kappa shape index (κ2) is 9.03. The van der Waals surface area contributed by atoms with E-state index in [2.05, 4.69) is 43.0 Å². The van der Waals surface area contributed by atoms with Crippen LogP contribution in [0.2, 0.25) is 0 Å². The summed E-state index contributed by atoms with van der Waals surface area (Å²) in [6.07, 6.45) is 6.84. The molecule has 0 aliphatic carbocycles. The van der Waals surface area contributed by atoms with Crippen molar-refractivity contribution < 1.29 is 0 Å². The molecule has 1 N–H and O–H groups in total. The van der Waals surface area contributed by atoms with Crippen molar-refractivity contribution in [1.82, 2.24) is 15.3 Å². The number of rotatable bonds is 9. The van der Waals surface area contributed by atoms with Gasteiger partial charge < -0.3 is 5.32 Å². The van der Waals surface area contributed by atoms with Gasteiger partial charge in [-0.05, 0) is 58.2 Å². The quantitative estimate of drug-likeness (QED) is 0.694. The number of nitrogens with one attached hydrogen (secondary N) is 1. The van der Waals surface area contributed by atoms with Gasteiger partial charge >= 0.3 is 0 Å². The van der Waals surface area contributed by atoms with Crippen LogP contribution in [-0.2, 0) is 12.8 Å². The van der Waals surface area contributed by atoms with Gasteiger partial charge in [0.1, 0.15) is 5.82 Å². The highest BCUT2D eigenvalue weighted by Crippen LogP contribution is 2.13. The molecule has 1 aromatic heterocycles. The average molecular weight is 263 g/mol. The molecule has 1 aromatic rings. The highest BCUT2D eigenvalue weighted by atomic mass is 14.9. The fraction of sp³-hybridized carbons (Fsp3) is 0.750. The van der Waals surface area contributed by atoms with E-state index in [1.807, 2.05) is 0 Å². The molecule has 0 aliphatic rings. The molecule has 0 spiro atoms. The normalized spacial score (nSPS) is 10.9. The maximum absolute atomic E-state index is 4.66. The van der Waals surface area contributed by atoms with Gasteiger partial charge in [-0.15, -0.1) is 0 Å². The Bertz CT molecular complexity index is 351. The summed E-state index contributed by atoms with van der Waals surface area (Å²) >= 11 is 0. The molecule has 3 heteroatoms. The monoisotopic (exact) mass is 263 g/mol. The second-order valence-corrected chi connectivity index (χ2v) is 5.25. The van der Waals surface area contributed by atoms with Gasteiger partial charge in [0.15, 0.2) is 0 Å². The van der Waals surface area contributed by atoms with Crippen LogP contribution in [0.5, 0.6) is 0 Å². The fourth-order valence-electron chi connectivity index (χ4n) is 2.31. The molecule has 0 radical (unpaired) electrons. The molecule has 0 bridgehead atoms. The standard InChI is InChI=1S/C16H29N3/c1-5-7-10-16-18-13(3)15(14(4)19-16)9-8-12-17-11-6-2/h17H,5-12H2,1-4H3. The Morgan fingerprint density at radius 2 is 1.53 bits per heavy atom. The van der Waals surface area contributed by atoms with Crippen molar-refractivity contribution in [2.75, 3.05) is 13.1 Å². The lowest BCUT2D eigenvalue weighted by molar-refractivity contribution is 0.635. The van der Waals surface area contributed by atoms with Crippen LogP contribution in [0.3, 0.4) is 0 Å². The Balaban J connectivity index is 2.53. The van der Waals surface area contributed by atoms with Crippen LogP contribution in [0, 0.1) is 13.8 Å². The van der Waals surface area contributed by atoms with Crippen molar-refractivity contribution in [3.8, 4) is 0 Å². The van der Waals surface area contributed by atoms with E-state index in [1.165, 1.54) is 42.6 Å². The molecule has 1 heterocycles. The third kappa shape index (κ3) is 5.68. The molecular formula is C16H29N3. The van der Waals surface area contributed by atoms with Crippen molar-refractivity contribution in [2.45, 2.75) is 66.2 Å². The SMILES string of the molecule is CCCCc1nc(C)c(CCCNCCC)c(C)n1. The Morgan fingerprint density at radius 3 is 2.11 bits per heavy atom. The van der Waals surface area contributed by atoms with Gasteiger partial charge in [-0.2, -0.15) is 0 Å². The number of aryl methyl sites for hydroxylation is 3. The van der Waals surface area contributed by atoms with Gasteiger partial charge in [-0.25, -0.2) is 9.97 Å². The summed E-state index contributed by atoms with van der Waals surface area (Å²) in [6.45, 7) is 10.9. The lowest BCUT2D eigenvalue weighted by Gasteiger charge is -2.11. The van der Waals surface area contributed by atoms with Crippen molar-refractivity contribution in [3.05, 3.63) is 22.8 Å². The molecule has 0 atom stereocenters. The summed E-state index contributed by atoms with van der Waals surface area (Å²) in [7, 11) is 0. The summed E-state index contributed by atoms with van der Waals surface area (Å²) in [5, 5.41) is 3.44. The third-order valence-electron chi connectivity index (χ3n) is 3.43. The Hall–Kier alpha value is -0.960. The molecule has 0 aromatic carbocycles. The number of hydrogen-bond acceptors (Lipinski definition) is 3. The summed E-state index contributed by atoms with van der Waals surface area (Å²) < 4.78 is 0. The minimum absolute atomic E-state index is 1.01. The van der Waals surface area contributed by atoms with Gasteiger partial charge in [-0.3, -0.25) is 0 Å². The van der Waals surface area contributed by atoms with Gasteiger partial charge in [0.25, 0.3) is 0 Å². The highest BCUT2D eigenvalue weighted by molar-refractivity contribution is 5.24. The number of aromatic nitrogens is 2. The lowest BCUT2D eigenvalue weighted by Crippen LogP contribution is -2.17. The summed E-state index contributed by atoms with van der Waals surface area (Å²) in [6, 6.07) is 0. The van der Waals surface area contributed by atoms with Crippen LogP contribution in [0.1, 0.15) is 62.3 Å². The summed E-state index contributed by atoms with van der Waals surface area (Å²) in [5.74, 6) is 1.02. The van der Waals surface area contributed by atoms with Crippen molar-refractivity contribution >= 4 is 0 Å². The minimum Gasteiger partial charge on any atom is -0.317 e. The largest absolute Gasteiger partial charge is 0.317 e. The first-order valence-corrected chi connectivity index (χ1v) is 7.72. The predicted molar refractivity (Wildman–Crippen MR) is 81.6 cm³/mol. The topological polar surface area (TPSA) is 37.8 Å². The van der Waals surface area contributed by atoms with Gasteiger partial charge in [0.05, 0.1) is 0 Å². The molecule has 0 amide bonds. The van der Waals surface area contributed by atoms with Gasteiger partial charge in [0, 0.05) is 17.8 Å². The summed E-state index contributed by atoms with van der Waals surface area (Å²) in [5.41, 5.74) is 3.70. The van der Waals surface area contributed by atoms with E-state index >= 15 is 0 Å². The van der Waals surface area contributed by atoms with E-state index in [-0.39, 0.29) is 0 Å². The van der Waals surface area contributed by atoms with E-state index in [0.717, 1.165) is 31.8 Å². The van der Waals surface area contributed by atoms with Crippen molar-refractivity contribution in [1.29, 1.82) is 0 Å². The Labute approximate surface area is 118 Å². The second-order valence-electron chi connectivity index (χ2n) is 5.25. The number of nitrogens with zero attached hydrogens (tertiary/aromatic N) is 2. The zero-order chi connectivity index (χ0) is 14.1.